The van der Waals surface area contributed by atoms with Crippen LogP contribution in [0.3, 0.4) is 0 Å². The van der Waals surface area contributed by atoms with Crippen LogP contribution in [0.1, 0.15) is 60.8 Å². The molecule has 0 amide bonds. The first-order valence-corrected chi connectivity index (χ1v) is 8.53. The molecule has 0 N–H and O–H groups in total. The van der Waals surface area contributed by atoms with E-state index in [9.17, 15) is 0 Å². The van der Waals surface area contributed by atoms with Crippen molar-refractivity contribution >= 4 is 0 Å². The largest absolute Gasteiger partial charge is 0.327 e. The Kier molecular flexibility index (Phi) is 13.1. The van der Waals surface area contributed by atoms with Gasteiger partial charge in [-0.3, -0.25) is 0 Å². The summed E-state index contributed by atoms with van der Waals surface area (Å²) in [7, 11) is 4.68. The Labute approximate surface area is 124 Å². The summed E-state index contributed by atoms with van der Waals surface area (Å²) >= 11 is 0. The standard InChI is InChI=1S/C10H24N.C7H18N/c1-5-8-11(4,9-6-2)10-7-3;1-5-8(4,6-2)7-3/h5-10H2,1-4H3;5-7H2,1-4H3/q2*+1. The van der Waals surface area contributed by atoms with Crippen molar-refractivity contribution < 1.29 is 8.97 Å². The van der Waals surface area contributed by atoms with Crippen molar-refractivity contribution in [2.75, 3.05) is 53.4 Å². The van der Waals surface area contributed by atoms with Gasteiger partial charge in [-0.15, -0.1) is 0 Å². The first kappa shape index (κ1) is 21.2. The van der Waals surface area contributed by atoms with E-state index < -0.39 is 0 Å². The van der Waals surface area contributed by atoms with Gasteiger partial charge in [0.05, 0.1) is 53.4 Å². The summed E-state index contributed by atoms with van der Waals surface area (Å²) < 4.78 is 2.49. The van der Waals surface area contributed by atoms with E-state index in [1.54, 1.807) is 0 Å². The molecular formula is C17H42N2+2. The molecule has 0 aliphatic rings. The number of rotatable bonds is 9. The average Bonchev–Trinajstić information content (AvgIpc) is 2.39. The third kappa shape index (κ3) is 10.4. The molecule has 0 aliphatic heterocycles. The van der Waals surface area contributed by atoms with E-state index >= 15 is 0 Å². The molecule has 0 atom stereocenters. The molecule has 0 saturated heterocycles. The molecule has 118 valence electrons. The highest BCUT2D eigenvalue weighted by molar-refractivity contribution is 4.37. The number of nitrogens with zero attached hydrogens (tertiary/aromatic N) is 2. The maximum Gasteiger partial charge on any atom is 0.0781 e. The Morgan fingerprint density at radius 2 is 0.737 bits per heavy atom. The molecule has 0 aromatic heterocycles. The van der Waals surface area contributed by atoms with Crippen LogP contribution in [0.15, 0.2) is 0 Å². The number of hydrogen-bond acceptors (Lipinski definition) is 0. The van der Waals surface area contributed by atoms with Crippen LogP contribution in [0.5, 0.6) is 0 Å². The van der Waals surface area contributed by atoms with Gasteiger partial charge < -0.3 is 8.97 Å². The van der Waals surface area contributed by atoms with Gasteiger partial charge in [-0.1, -0.05) is 20.8 Å². The van der Waals surface area contributed by atoms with Crippen molar-refractivity contribution in [1.29, 1.82) is 0 Å². The fraction of sp³-hybridized carbons (Fsp3) is 1.00. The van der Waals surface area contributed by atoms with Crippen LogP contribution < -0.4 is 0 Å². The summed E-state index contributed by atoms with van der Waals surface area (Å²) in [4.78, 5) is 0. The maximum absolute atomic E-state index is 2.39. The van der Waals surface area contributed by atoms with E-state index in [4.69, 9.17) is 0 Å². The van der Waals surface area contributed by atoms with Crippen LogP contribution in [0.4, 0.5) is 0 Å². The molecule has 0 rings (SSSR count). The highest BCUT2D eigenvalue weighted by atomic mass is 15.3. The fourth-order valence-corrected chi connectivity index (χ4v) is 2.63. The highest BCUT2D eigenvalue weighted by Gasteiger charge is 2.16. The second kappa shape index (κ2) is 11.7. The second-order valence-electron chi connectivity index (χ2n) is 6.36. The van der Waals surface area contributed by atoms with E-state index in [1.165, 1.54) is 67.5 Å². The third-order valence-corrected chi connectivity index (χ3v) is 4.58. The van der Waals surface area contributed by atoms with Gasteiger partial charge >= 0.3 is 0 Å². The van der Waals surface area contributed by atoms with Gasteiger partial charge in [-0.2, -0.15) is 0 Å². The van der Waals surface area contributed by atoms with E-state index in [0.29, 0.717) is 0 Å². The monoisotopic (exact) mass is 274 g/mol. The van der Waals surface area contributed by atoms with Gasteiger partial charge in [0.2, 0.25) is 0 Å². The number of quaternary nitrogens is 2. The molecule has 0 aromatic rings. The molecular weight excluding hydrogens is 232 g/mol. The maximum atomic E-state index is 2.39. The van der Waals surface area contributed by atoms with Gasteiger partial charge in [0, 0.05) is 0 Å². The van der Waals surface area contributed by atoms with Crippen LogP contribution in [-0.4, -0.2) is 62.3 Å². The van der Waals surface area contributed by atoms with Gasteiger partial charge in [-0.05, 0) is 40.0 Å². The SMILES string of the molecule is CCC[N+](C)(CCC)CCC.CC[N+](C)(CC)CC. The van der Waals surface area contributed by atoms with E-state index in [-0.39, 0.29) is 0 Å². The minimum Gasteiger partial charge on any atom is -0.327 e. The summed E-state index contributed by atoms with van der Waals surface area (Å²) in [6.07, 6.45) is 3.95. The minimum atomic E-state index is 1.21. The predicted octanol–water partition coefficient (Wildman–Crippen LogP) is 4.16. The van der Waals surface area contributed by atoms with E-state index in [0.717, 1.165) is 0 Å². The summed E-state index contributed by atoms with van der Waals surface area (Å²) in [5.74, 6) is 0. The minimum absolute atomic E-state index is 1.21. The van der Waals surface area contributed by atoms with Crippen LogP contribution in [0.2, 0.25) is 0 Å². The third-order valence-electron chi connectivity index (χ3n) is 4.58. The van der Waals surface area contributed by atoms with Crippen molar-refractivity contribution in [1.82, 2.24) is 0 Å². The highest BCUT2D eigenvalue weighted by Crippen LogP contribution is 2.06. The number of hydrogen-bond donors (Lipinski definition) is 0. The smallest absolute Gasteiger partial charge is 0.0781 e. The molecule has 19 heavy (non-hydrogen) atoms. The zero-order valence-corrected chi connectivity index (χ0v) is 15.3. The molecule has 2 heteroatoms. The molecule has 2 nitrogen and oxygen atoms in total. The zero-order chi connectivity index (χ0) is 15.4. The lowest BCUT2D eigenvalue weighted by Crippen LogP contribution is -2.45. The molecule has 0 unspecified atom stereocenters. The van der Waals surface area contributed by atoms with Crippen LogP contribution >= 0.6 is 0 Å². The Morgan fingerprint density at radius 3 is 0.842 bits per heavy atom. The first-order valence-electron chi connectivity index (χ1n) is 8.53. The molecule has 0 heterocycles. The zero-order valence-electron chi connectivity index (χ0n) is 15.3. The average molecular weight is 275 g/mol. The molecule has 0 fully saturated rings. The fourth-order valence-electron chi connectivity index (χ4n) is 2.63. The molecule has 0 bridgehead atoms. The molecule has 0 saturated carbocycles. The molecule has 0 radical (unpaired) electrons. The van der Waals surface area contributed by atoms with Crippen molar-refractivity contribution in [2.45, 2.75) is 60.8 Å². The lowest BCUT2D eigenvalue weighted by molar-refractivity contribution is -0.909. The van der Waals surface area contributed by atoms with E-state index in [1.807, 2.05) is 0 Å². The summed E-state index contributed by atoms with van der Waals surface area (Å²) in [5.41, 5.74) is 0. The van der Waals surface area contributed by atoms with E-state index in [2.05, 4.69) is 55.6 Å². The summed E-state index contributed by atoms with van der Waals surface area (Å²) in [6.45, 7) is 21.4. The second-order valence-corrected chi connectivity index (χ2v) is 6.36. The molecule has 0 aliphatic carbocycles. The van der Waals surface area contributed by atoms with Crippen LogP contribution in [0, 0.1) is 0 Å². The lowest BCUT2D eigenvalue weighted by Gasteiger charge is -2.33. The molecule has 0 spiro atoms. The van der Waals surface area contributed by atoms with Gasteiger partial charge in [0.1, 0.15) is 0 Å². The van der Waals surface area contributed by atoms with Gasteiger partial charge in [-0.25, -0.2) is 0 Å². The van der Waals surface area contributed by atoms with Crippen molar-refractivity contribution in [2.24, 2.45) is 0 Å². The van der Waals surface area contributed by atoms with Crippen LogP contribution in [-0.2, 0) is 0 Å². The van der Waals surface area contributed by atoms with Crippen molar-refractivity contribution in [3.05, 3.63) is 0 Å². The normalized spacial score (nSPS) is 12.0. The van der Waals surface area contributed by atoms with Crippen molar-refractivity contribution in [3.63, 3.8) is 0 Å². The summed E-state index contributed by atoms with van der Waals surface area (Å²) in [5, 5.41) is 0. The Hall–Kier alpha value is -0.0800. The predicted molar refractivity (Wildman–Crippen MR) is 89.5 cm³/mol. The Balaban J connectivity index is 0. The quantitative estimate of drug-likeness (QED) is 0.554. The first-order chi connectivity index (χ1) is 8.86. The van der Waals surface area contributed by atoms with Crippen molar-refractivity contribution in [3.8, 4) is 0 Å². The topological polar surface area (TPSA) is 0 Å². The molecule has 0 aromatic carbocycles. The Bertz CT molecular complexity index is 160. The van der Waals surface area contributed by atoms with Crippen LogP contribution in [0.25, 0.3) is 0 Å². The Morgan fingerprint density at radius 1 is 0.474 bits per heavy atom. The lowest BCUT2D eigenvalue weighted by atomic mass is 10.2. The van der Waals surface area contributed by atoms with Gasteiger partial charge in [0.25, 0.3) is 0 Å². The summed E-state index contributed by atoms with van der Waals surface area (Å²) in [6, 6.07) is 0. The van der Waals surface area contributed by atoms with Gasteiger partial charge in [0.15, 0.2) is 0 Å².